The Morgan fingerprint density at radius 2 is 0.786 bits per heavy atom. The van der Waals surface area contributed by atoms with Crippen LogP contribution in [0.5, 0.6) is 0 Å². The van der Waals surface area contributed by atoms with Crippen molar-refractivity contribution in [3.63, 3.8) is 0 Å². The van der Waals surface area contributed by atoms with E-state index in [1.807, 2.05) is 0 Å². The number of amides is 1. The van der Waals surface area contributed by atoms with Gasteiger partial charge < -0.3 is 36.6 Å². The predicted octanol–water partition coefficient (Wildman–Crippen LogP) is 16.6. The Hall–Kier alpha value is -4.53. The summed E-state index contributed by atoms with van der Waals surface area (Å²) in [5, 5.41) is 1.54. The molecule has 6 unspecified atom stereocenters. The van der Waals surface area contributed by atoms with Crippen molar-refractivity contribution in [1.82, 2.24) is 37.7 Å². The van der Waals surface area contributed by atoms with Gasteiger partial charge >= 0.3 is 6.09 Å². The highest BCUT2D eigenvalue weighted by Crippen LogP contribution is 2.45. The van der Waals surface area contributed by atoms with Crippen LogP contribution in [0.25, 0.3) is 0 Å². The molecule has 5 fully saturated rings. The first-order valence-electron chi connectivity index (χ1n) is 33.8. The summed E-state index contributed by atoms with van der Waals surface area (Å²) >= 11 is 18.0. The number of nitrogens with zero attached hydrogens (tertiary/aromatic N) is 8. The molecule has 0 spiro atoms. The van der Waals surface area contributed by atoms with E-state index in [4.69, 9.17) is 61.6 Å². The molecule has 5 saturated heterocycles. The van der Waals surface area contributed by atoms with Crippen molar-refractivity contribution in [3.8, 4) is 0 Å². The van der Waals surface area contributed by atoms with Crippen LogP contribution in [0, 0.1) is 0 Å². The van der Waals surface area contributed by atoms with Gasteiger partial charge in [0, 0.05) is 46.3 Å². The normalized spacial score (nSPS) is 22.6. The zero-order valence-electron chi connectivity index (χ0n) is 57.5. The van der Waals surface area contributed by atoms with Crippen LogP contribution in [0.2, 0.25) is 51.3 Å². The van der Waals surface area contributed by atoms with Gasteiger partial charge in [-0.05, 0) is 206 Å². The Labute approximate surface area is 599 Å². The molecule has 3 aromatic carbocycles. The monoisotopic (exact) mass is 1510 g/mol. The molecule has 1 amide bonds. The lowest BCUT2D eigenvalue weighted by Crippen LogP contribution is -2.51. The summed E-state index contributed by atoms with van der Waals surface area (Å²) in [5.41, 5.74) is 0. The molecule has 0 saturated carbocycles. The molecule has 21 nitrogen and oxygen atoms in total. The van der Waals surface area contributed by atoms with E-state index in [0.717, 1.165) is 58.0 Å². The van der Waals surface area contributed by atoms with Gasteiger partial charge in [0.1, 0.15) is 43.5 Å². The fraction of sp³-hybridized carbons (Fsp3) is 0.594. The number of piperidine rings is 5. The van der Waals surface area contributed by atoms with Crippen molar-refractivity contribution in [1.29, 1.82) is 0 Å². The summed E-state index contributed by atoms with van der Waals surface area (Å²) in [6.45, 7) is 26.1. The van der Waals surface area contributed by atoms with Gasteiger partial charge in [0.25, 0.3) is 0 Å². The molecule has 29 heteroatoms. The van der Waals surface area contributed by atoms with Gasteiger partial charge in [-0.25, -0.2) is 45.0 Å². The van der Waals surface area contributed by atoms with Crippen LogP contribution in [0.1, 0.15) is 175 Å². The van der Waals surface area contributed by atoms with Gasteiger partial charge in [0.05, 0.1) is 52.5 Å². The van der Waals surface area contributed by atoms with Crippen LogP contribution in [-0.2, 0) is 43.7 Å². The molecule has 11 rings (SSSR count). The fourth-order valence-electron chi connectivity index (χ4n) is 12.8. The van der Waals surface area contributed by atoms with Gasteiger partial charge in [0.2, 0.25) is 47.7 Å². The van der Waals surface area contributed by atoms with Gasteiger partial charge in [-0.3, -0.25) is 0 Å². The summed E-state index contributed by atoms with van der Waals surface area (Å²) in [6.07, 6.45) is 20.8. The standard InChI is InChI=1S/C26H35ClN4O5S.2C21H31ClN2O4SSi.CH4/c27-20-7-9-23(10-8-20)37(33,34)31-22(5-4-6-24(31)25-28-13-18-35-25)19-36-26(32)30-16-11-21(12-17-30)29-14-2-1-3-15-29;2*1-21(2,3)30(4,5)28-15-17-7-6-8-19(20-23-13-14-27-20)24(17)29(25,26)18-11-9-16(22)10-12-18;/h7-10,13,18,21-22,24H,1-6,11-12,14-17,19H2;2*9-14,17,19H,6-8,15H2,1-5H3;1H4. The summed E-state index contributed by atoms with van der Waals surface area (Å²) < 4.78 is 122. The largest absolute Gasteiger partial charge is 0.448 e. The second-order valence-corrected chi connectivity index (χ2v) is 45.3. The average molecular weight is 1510 g/mol. The van der Waals surface area contributed by atoms with Crippen LogP contribution in [-0.4, -0.2) is 156 Å². The second kappa shape index (κ2) is 33.7. The number of aromatic nitrogens is 3. The number of sulfonamides is 3. The minimum absolute atomic E-state index is 0. The summed E-state index contributed by atoms with van der Waals surface area (Å²) in [7, 11) is -15.6. The Kier molecular flexibility index (Phi) is 27.2. The highest BCUT2D eigenvalue weighted by Gasteiger charge is 2.48. The van der Waals surface area contributed by atoms with Gasteiger partial charge in [0.15, 0.2) is 16.6 Å². The number of halogens is 3. The molecular formula is C69H101Cl3N8O13S3Si2. The number of oxazole rings is 3. The molecular weight excluding hydrogens is 1410 g/mol. The van der Waals surface area contributed by atoms with Crippen molar-refractivity contribution in [2.75, 3.05) is 46.0 Å². The number of hydrogen-bond donors (Lipinski definition) is 0. The van der Waals surface area contributed by atoms with E-state index in [-0.39, 0.29) is 57.0 Å². The van der Waals surface area contributed by atoms with Crippen LogP contribution in [0.4, 0.5) is 4.79 Å². The molecule has 0 N–H and O–H groups in total. The van der Waals surface area contributed by atoms with Crippen LogP contribution in [0.15, 0.2) is 138 Å². The number of benzene rings is 3. The number of likely N-dealkylation sites (tertiary alicyclic amines) is 2. The molecule has 3 aromatic heterocycles. The second-order valence-electron chi connectivity index (χ2n) is 28.8. The van der Waals surface area contributed by atoms with E-state index >= 15 is 0 Å². The summed E-state index contributed by atoms with van der Waals surface area (Å²) in [4.78, 5) is 30.6. The van der Waals surface area contributed by atoms with E-state index in [2.05, 4.69) is 87.6 Å². The Morgan fingerprint density at radius 3 is 1.08 bits per heavy atom. The van der Waals surface area contributed by atoms with Crippen LogP contribution < -0.4 is 0 Å². The molecule has 0 radical (unpaired) electrons. The predicted molar refractivity (Wildman–Crippen MR) is 386 cm³/mol. The third kappa shape index (κ3) is 19.2. The molecule has 5 aliphatic heterocycles. The lowest BCUT2D eigenvalue weighted by molar-refractivity contribution is 0.0424. The first kappa shape index (κ1) is 79.2. The molecule has 6 atom stereocenters. The number of carbonyl (C=O) groups is 1. The SMILES string of the molecule is C.CC(C)(C)[Si](C)(C)OCC1CCCC(c2ncco2)N1S(=O)(=O)c1ccc(Cl)cc1.CC(C)(C)[Si](C)(C)OCC1CCCC(c2ncco2)N1S(=O)(=O)c1ccc(Cl)cc1.O=C(OCC1CCCC(c2ncco2)N1S(=O)(=O)c1ccc(Cl)cc1)N1CCC(N2CCCCC2)CC1. The van der Waals surface area contributed by atoms with Crippen LogP contribution in [0.3, 0.4) is 0 Å². The molecule has 8 heterocycles. The first-order chi connectivity index (χ1) is 45.8. The minimum atomic E-state index is -3.93. The quantitative estimate of drug-likeness (QED) is 0.0726. The maximum atomic E-state index is 13.8. The summed E-state index contributed by atoms with van der Waals surface area (Å²) in [6, 6.07) is 16.6. The first-order valence-corrected chi connectivity index (χ1v) is 45.1. The van der Waals surface area contributed by atoms with E-state index in [1.165, 1.54) is 60.7 Å². The van der Waals surface area contributed by atoms with E-state index in [9.17, 15) is 30.0 Å². The zero-order chi connectivity index (χ0) is 70.1. The molecule has 0 aliphatic carbocycles. The van der Waals surface area contributed by atoms with E-state index in [0.29, 0.717) is 90.8 Å². The van der Waals surface area contributed by atoms with Gasteiger partial charge in [-0.1, -0.05) is 90.2 Å². The minimum Gasteiger partial charge on any atom is -0.448 e. The van der Waals surface area contributed by atoms with Crippen molar-refractivity contribution < 1.29 is 56.9 Å². The van der Waals surface area contributed by atoms with Crippen molar-refractivity contribution in [2.45, 2.75) is 232 Å². The number of rotatable bonds is 18. The Morgan fingerprint density at radius 1 is 0.469 bits per heavy atom. The lowest BCUT2D eigenvalue weighted by atomic mass is 9.99. The van der Waals surface area contributed by atoms with Crippen molar-refractivity contribution >= 4 is 87.6 Å². The molecule has 5 aliphatic rings. The maximum Gasteiger partial charge on any atom is 0.409 e. The van der Waals surface area contributed by atoms with Crippen LogP contribution >= 0.6 is 34.8 Å². The van der Waals surface area contributed by atoms with Gasteiger partial charge in [-0.2, -0.15) is 12.9 Å². The molecule has 6 aromatic rings. The number of hydrogen-bond acceptors (Lipinski definition) is 17. The van der Waals surface area contributed by atoms with Gasteiger partial charge in [-0.15, -0.1) is 0 Å². The van der Waals surface area contributed by atoms with E-state index in [1.54, 1.807) is 86.6 Å². The highest BCUT2D eigenvalue weighted by atomic mass is 35.5. The smallest absolute Gasteiger partial charge is 0.409 e. The van der Waals surface area contributed by atoms with E-state index < -0.39 is 70.9 Å². The van der Waals surface area contributed by atoms with Crippen molar-refractivity contribution in [3.05, 3.63) is 143 Å². The summed E-state index contributed by atoms with van der Waals surface area (Å²) in [5.74, 6) is 1.18. The number of carbonyl (C=O) groups excluding carboxylic acids is 1. The Bertz CT molecular complexity index is 3640. The van der Waals surface area contributed by atoms with Crippen molar-refractivity contribution in [2.24, 2.45) is 0 Å². The Balaban J connectivity index is 0.000000188. The molecule has 542 valence electrons. The molecule has 98 heavy (non-hydrogen) atoms. The molecule has 0 bridgehead atoms. The zero-order valence-corrected chi connectivity index (χ0v) is 64.2. The number of ether oxygens (including phenoxy) is 1. The third-order valence-corrected chi connectivity index (χ3v) is 36.0. The average Bonchev–Trinajstić information content (AvgIpc) is 1.02. The topological polar surface area (TPSA) is 241 Å². The fourth-order valence-corrected chi connectivity index (χ4v) is 20.7. The lowest BCUT2D eigenvalue weighted by Gasteiger charge is -2.42. The third-order valence-electron chi connectivity index (χ3n) is 20.3. The highest BCUT2D eigenvalue weighted by molar-refractivity contribution is 7.89. The maximum absolute atomic E-state index is 13.8.